The lowest BCUT2D eigenvalue weighted by atomic mass is 9.88. The maximum absolute atomic E-state index is 12.1. The number of amides is 1. The third-order valence-corrected chi connectivity index (χ3v) is 4.67. The van der Waals surface area contributed by atoms with Gasteiger partial charge in [0.25, 0.3) is 0 Å². The second kappa shape index (κ2) is 8.43. The van der Waals surface area contributed by atoms with Crippen molar-refractivity contribution in [2.24, 2.45) is 11.7 Å². The van der Waals surface area contributed by atoms with Crippen molar-refractivity contribution >= 4 is 5.91 Å². The van der Waals surface area contributed by atoms with Crippen molar-refractivity contribution in [3.05, 3.63) is 35.9 Å². The predicted molar refractivity (Wildman–Crippen MR) is 92.0 cm³/mol. The van der Waals surface area contributed by atoms with Gasteiger partial charge in [-0.2, -0.15) is 0 Å². The third-order valence-electron chi connectivity index (χ3n) is 4.67. The Kier molecular flexibility index (Phi) is 6.57. The van der Waals surface area contributed by atoms with Crippen LogP contribution in [0.5, 0.6) is 0 Å². The fourth-order valence-electron chi connectivity index (χ4n) is 2.96. The molecule has 1 saturated heterocycles. The molecule has 1 aliphatic heterocycles. The molecule has 1 amide bonds. The van der Waals surface area contributed by atoms with Crippen molar-refractivity contribution in [3.8, 4) is 0 Å². The van der Waals surface area contributed by atoms with E-state index in [1.165, 1.54) is 5.56 Å². The molecule has 2 unspecified atom stereocenters. The van der Waals surface area contributed by atoms with Gasteiger partial charge in [-0.3, -0.25) is 4.79 Å². The van der Waals surface area contributed by atoms with Gasteiger partial charge in [-0.1, -0.05) is 37.3 Å². The minimum absolute atomic E-state index is 0.0209. The molecule has 0 aromatic heterocycles. The van der Waals surface area contributed by atoms with E-state index in [-0.39, 0.29) is 23.4 Å². The van der Waals surface area contributed by atoms with E-state index in [4.69, 9.17) is 10.5 Å². The Morgan fingerprint density at radius 2 is 1.91 bits per heavy atom. The first-order valence-corrected chi connectivity index (χ1v) is 8.44. The maximum atomic E-state index is 12.1. The maximum Gasteiger partial charge on any atom is 0.224 e. The molecule has 0 saturated carbocycles. The van der Waals surface area contributed by atoms with E-state index in [0.29, 0.717) is 13.1 Å². The average molecular weight is 319 g/mol. The summed E-state index contributed by atoms with van der Waals surface area (Å²) < 4.78 is 5.51. The Bertz CT molecular complexity index is 486. The Hall–Kier alpha value is -1.43. The molecular weight excluding hydrogens is 290 g/mol. The van der Waals surface area contributed by atoms with Gasteiger partial charge >= 0.3 is 0 Å². The van der Waals surface area contributed by atoms with Crippen LogP contribution < -0.4 is 16.4 Å². The van der Waals surface area contributed by atoms with Crippen LogP contribution >= 0.6 is 0 Å². The summed E-state index contributed by atoms with van der Waals surface area (Å²) in [5, 5.41) is 6.80. The van der Waals surface area contributed by atoms with Gasteiger partial charge < -0.3 is 21.1 Å². The zero-order chi connectivity index (χ0) is 16.7. The van der Waals surface area contributed by atoms with E-state index in [1.807, 2.05) is 13.0 Å². The number of benzene rings is 1. The molecule has 0 radical (unpaired) electrons. The standard InChI is InChI=1S/C18H29N3O2/c1-14(12-19)17(22)20-13-18(8-10-23-11-9-18)21-15(2)16-6-4-3-5-7-16/h3-7,14-15,21H,8-13,19H2,1-2H3,(H,20,22). The second-order valence-electron chi connectivity index (χ2n) is 6.52. The average Bonchev–Trinajstić information content (AvgIpc) is 2.60. The number of hydrogen-bond acceptors (Lipinski definition) is 4. The minimum atomic E-state index is -0.154. The fraction of sp³-hybridized carbons (Fsp3) is 0.611. The number of carbonyl (C=O) groups is 1. The summed E-state index contributed by atoms with van der Waals surface area (Å²) in [5.74, 6) is -0.133. The van der Waals surface area contributed by atoms with Crippen LogP contribution in [0.1, 0.15) is 38.3 Å². The molecule has 128 valence electrons. The molecule has 2 atom stereocenters. The highest BCUT2D eigenvalue weighted by Gasteiger charge is 2.34. The van der Waals surface area contributed by atoms with Crippen LogP contribution in [0.25, 0.3) is 0 Å². The Morgan fingerprint density at radius 3 is 2.52 bits per heavy atom. The molecule has 1 aromatic rings. The summed E-state index contributed by atoms with van der Waals surface area (Å²) in [6.07, 6.45) is 1.78. The molecule has 0 spiro atoms. The first-order valence-electron chi connectivity index (χ1n) is 8.44. The van der Waals surface area contributed by atoms with Crippen molar-refractivity contribution in [1.29, 1.82) is 0 Å². The van der Waals surface area contributed by atoms with E-state index in [9.17, 15) is 4.79 Å². The van der Waals surface area contributed by atoms with Gasteiger partial charge in [-0.05, 0) is 25.3 Å². The molecule has 0 aliphatic carbocycles. The predicted octanol–water partition coefficient (Wildman–Crippen LogP) is 1.60. The topological polar surface area (TPSA) is 76.4 Å². The van der Waals surface area contributed by atoms with Crippen molar-refractivity contribution in [1.82, 2.24) is 10.6 Å². The summed E-state index contributed by atoms with van der Waals surface area (Å²) in [6.45, 7) is 6.43. The van der Waals surface area contributed by atoms with Crippen LogP contribution in [0.3, 0.4) is 0 Å². The zero-order valence-corrected chi connectivity index (χ0v) is 14.2. The molecule has 0 bridgehead atoms. The molecular formula is C18H29N3O2. The Morgan fingerprint density at radius 1 is 1.26 bits per heavy atom. The van der Waals surface area contributed by atoms with E-state index in [1.54, 1.807) is 0 Å². The van der Waals surface area contributed by atoms with Crippen molar-refractivity contribution in [3.63, 3.8) is 0 Å². The monoisotopic (exact) mass is 319 g/mol. The highest BCUT2D eigenvalue weighted by atomic mass is 16.5. The molecule has 1 fully saturated rings. The molecule has 5 nitrogen and oxygen atoms in total. The van der Waals surface area contributed by atoms with Crippen LogP contribution in [0, 0.1) is 5.92 Å². The molecule has 5 heteroatoms. The van der Waals surface area contributed by atoms with Crippen LogP contribution in [-0.4, -0.2) is 37.7 Å². The third kappa shape index (κ3) is 5.03. The molecule has 23 heavy (non-hydrogen) atoms. The first-order chi connectivity index (χ1) is 11.1. The summed E-state index contributed by atoms with van der Waals surface area (Å²) in [4.78, 5) is 12.1. The SMILES string of the molecule is CC(CN)C(=O)NCC1(NC(C)c2ccccc2)CCOCC1. The van der Waals surface area contributed by atoms with E-state index < -0.39 is 0 Å². The van der Waals surface area contributed by atoms with Crippen molar-refractivity contribution in [2.45, 2.75) is 38.3 Å². The quantitative estimate of drug-likeness (QED) is 0.713. The summed E-state index contributed by atoms with van der Waals surface area (Å²) in [6, 6.07) is 10.6. The lowest BCUT2D eigenvalue weighted by Gasteiger charge is -2.40. The van der Waals surface area contributed by atoms with Crippen molar-refractivity contribution < 1.29 is 9.53 Å². The lowest BCUT2D eigenvalue weighted by Crippen LogP contribution is -2.57. The number of hydrogen-bond donors (Lipinski definition) is 3. The van der Waals surface area contributed by atoms with Crippen molar-refractivity contribution in [2.75, 3.05) is 26.3 Å². The molecule has 4 N–H and O–H groups in total. The van der Waals surface area contributed by atoms with Gasteiger partial charge in [0.2, 0.25) is 5.91 Å². The van der Waals surface area contributed by atoms with Gasteiger partial charge in [0.05, 0.1) is 0 Å². The smallest absolute Gasteiger partial charge is 0.224 e. The van der Waals surface area contributed by atoms with Crippen LogP contribution in [0.15, 0.2) is 30.3 Å². The number of ether oxygens (including phenoxy) is 1. The Balaban J connectivity index is 2.02. The lowest BCUT2D eigenvalue weighted by molar-refractivity contribution is -0.124. The van der Waals surface area contributed by atoms with E-state index in [2.05, 4.69) is 41.8 Å². The van der Waals surface area contributed by atoms with Gasteiger partial charge in [0.1, 0.15) is 0 Å². The number of nitrogens with two attached hydrogens (primary N) is 1. The highest BCUT2D eigenvalue weighted by Crippen LogP contribution is 2.25. The Labute approximate surface area is 139 Å². The van der Waals surface area contributed by atoms with E-state index in [0.717, 1.165) is 26.1 Å². The van der Waals surface area contributed by atoms with Crippen LogP contribution in [0.2, 0.25) is 0 Å². The summed E-state index contributed by atoms with van der Waals surface area (Å²) in [5.41, 5.74) is 6.70. The zero-order valence-electron chi connectivity index (χ0n) is 14.2. The number of nitrogens with one attached hydrogen (secondary N) is 2. The molecule has 1 aliphatic rings. The van der Waals surface area contributed by atoms with Gasteiger partial charge in [0, 0.05) is 43.8 Å². The summed E-state index contributed by atoms with van der Waals surface area (Å²) >= 11 is 0. The number of rotatable bonds is 7. The van der Waals surface area contributed by atoms with Crippen LogP contribution in [-0.2, 0) is 9.53 Å². The fourth-order valence-corrected chi connectivity index (χ4v) is 2.96. The molecule has 2 rings (SSSR count). The number of carbonyl (C=O) groups excluding carboxylic acids is 1. The van der Waals surface area contributed by atoms with Crippen LogP contribution in [0.4, 0.5) is 0 Å². The van der Waals surface area contributed by atoms with Gasteiger partial charge in [0.15, 0.2) is 0 Å². The van der Waals surface area contributed by atoms with Gasteiger partial charge in [-0.15, -0.1) is 0 Å². The van der Waals surface area contributed by atoms with E-state index >= 15 is 0 Å². The summed E-state index contributed by atoms with van der Waals surface area (Å²) in [7, 11) is 0. The second-order valence-corrected chi connectivity index (χ2v) is 6.52. The minimum Gasteiger partial charge on any atom is -0.381 e. The molecule has 1 heterocycles. The highest BCUT2D eigenvalue weighted by molar-refractivity contribution is 5.78. The largest absolute Gasteiger partial charge is 0.381 e. The molecule has 1 aromatic carbocycles. The normalized spacial score (nSPS) is 19.8. The van der Waals surface area contributed by atoms with Gasteiger partial charge in [-0.25, -0.2) is 0 Å². The first kappa shape index (κ1) is 17.9.